The molecular formula is C8H17NO3S. The number of carbonyl (C=O) groups excluding carboxylic acids is 1. The lowest BCUT2D eigenvalue weighted by atomic mass is 10.4. The molecule has 0 aromatic rings. The van der Waals surface area contributed by atoms with Crippen molar-refractivity contribution in [2.75, 3.05) is 32.2 Å². The highest BCUT2D eigenvalue weighted by Crippen LogP contribution is 1.84. The number of nitrogens with one attached hydrogen (secondary N) is 1. The van der Waals surface area contributed by atoms with E-state index in [9.17, 15) is 9.00 Å². The van der Waals surface area contributed by atoms with Gasteiger partial charge in [-0.1, -0.05) is 0 Å². The maximum absolute atomic E-state index is 10.6. The molecule has 1 N–H and O–H groups in total. The monoisotopic (exact) mass is 207 g/mol. The Morgan fingerprint density at radius 3 is 2.69 bits per heavy atom. The highest BCUT2D eigenvalue weighted by atomic mass is 32.2. The first-order valence-corrected chi connectivity index (χ1v) is 5.97. The predicted octanol–water partition coefficient (Wildman–Crippen LogP) is -0.0923. The van der Waals surface area contributed by atoms with E-state index in [1.54, 1.807) is 6.26 Å². The molecule has 0 aliphatic carbocycles. The molecule has 0 saturated heterocycles. The minimum atomic E-state index is -0.713. The third-order valence-electron chi connectivity index (χ3n) is 1.52. The smallest absolute Gasteiger partial charge is 0.306 e. The number of rotatable bonds is 7. The minimum absolute atomic E-state index is 0.202. The van der Waals surface area contributed by atoms with E-state index in [-0.39, 0.29) is 5.97 Å². The number of methoxy groups -OCH3 is 1. The van der Waals surface area contributed by atoms with Crippen molar-refractivity contribution >= 4 is 16.8 Å². The van der Waals surface area contributed by atoms with E-state index in [0.29, 0.717) is 18.7 Å². The van der Waals surface area contributed by atoms with Gasteiger partial charge in [0.15, 0.2) is 0 Å². The van der Waals surface area contributed by atoms with Crippen LogP contribution in [0.2, 0.25) is 0 Å². The standard InChI is InChI=1S/C8H17NO3S/c1-12-8(10)4-6-9-5-3-7-13(2)11/h9H,3-7H2,1-2H3. The molecule has 0 fully saturated rings. The van der Waals surface area contributed by atoms with Crippen molar-refractivity contribution in [1.82, 2.24) is 5.32 Å². The normalized spacial score (nSPS) is 12.5. The summed E-state index contributed by atoms with van der Waals surface area (Å²) < 4.78 is 15.1. The number of carbonyl (C=O) groups is 1. The van der Waals surface area contributed by atoms with E-state index in [4.69, 9.17) is 0 Å². The molecule has 0 aromatic carbocycles. The molecule has 0 amide bonds. The summed E-state index contributed by atoms with van der Waals surface area (Å²) in [4.78, 5) is 10.6. The molecule has 0 saturated carbocycles. The zero-order chi connectivity index (χ0) is 10.1. The molecule has 0 aliphatic rings. The zero-order valence-electron chi connectivity index (χ0n) is 8.17. The second-order valence-corrected chi connectivity index (χ2v) is 4.26. The van der Waals surface area contributed by atoms with Crippen LogP contribution in [0.5, 0.6) is 0 Å². The number of esters is 1. The lowest BCUT2D eigenvalue weighted by Gasteiger charge is -2.02. The van der Waals surface area contributed by atoms with Crippen molar-refractivity contribution in [2.45, 2.75) is 12.8 Å². The van der Waals surface area contributed by atoms with Crippen LogP contribution in [0, 0.1) is 0 Å². The van der Waals surface area contributed by atoms with Gasteiger partial charge < -0.3 is 10.1 Å². The van der Waals surface area contributed by atoms with E-state index in [0.717, 1.165) is 13.0 Å². The van der Waals surface area contributed by atoms with Crippen LogP contribution in [0.4, 0.5) is 0 Å². The van der Waals surface area contributed by atoms with E-state index < -0.39 is 10.8 Å². The summed E-state index contributed by atoms with van der Waals surface area (Å²) in [5.41, 5.74) is 0. The van der Waals surface area contributed by atoms with Gasteiger partial charge in [-0.2, -0.15) is 0 Å². The summed E-state index contributed by atoms with van der Waals surface area (Å²) in [6.07, 6.45) is 2.96. The van der Waals surface area contributed by atoms with E-state index >= 15 is 0 Å². The first kappa shape index (κ1) is 12.6. The van der Waals surface area contributed by atoms with Crippen molar-refractivity contribution in [3.05, 3.63) is 0 Å². The molecule has 0 aromatic heterocycles. The first-order chi connectivity index (χ1) is 6.16. The molecule has 13 heavy (non-hydrogen) atoms. The molecule has 0 bridgehead atoms. The molecule has 0 aliphatic heterocycles. The fourth-order valence-electron chi connectivity index (χ4n) is 0.818. The number of hydrogen-bond donors (Lipinski definition) is 1. The quantitative estimate of drug-likeness (QED) is 0.468. The van der Waals surface area contributed by atoms with Gasteiger partial charge in [0.25, 0.3) is 0 Å². The third kappa shape index (κ3) is 9.49. The summed E-state index contributed by atoms with van der Waals surface area (Å²) in [7, 11) is 0.665. The molecular weight excluding hydrogens is 190 g/mol. The largest absolute Gasteiger partial charge is 0.469 e. The summed E-state index contributed by atoms with van der Waals surface area (Å²) in [6, 6.07) is 0. The van der Waals surface area contributed by atoms with Crippen molar-refractivity contribution in [2.24, 2.45) is 0 Å². The van der Waals surface area contributed by atoms with Crippen molar-refractivity contribution in [3.63, 3.8) is 0 Å². The number of ether oxygens (including phenoxy) is 1. The van der Waals surface area contributed by atoms with E-state index in [1.165, 1.54) is 7.11 Å². The molecule has 0 radical (unpaired) electrons. The molecule has 0 rings (SSSR count). The van der Waals surface area contributed by atoms with Gasteiger partial charge in [0.2, 0.25) is 0 Å². The van der Waals surface area contributed by atoms with Crippen LogP contribution in [0.1, 0.15) is 12.8 Å². The van der Waals surface area contributed by atoms with Crippen LogP contribution in [-0.4, -0.2) is 42.4 Å². The van der Waals surface area contributed by atoms with Gasteiger partial charge in [0, 0.05) is 29.4 Å². The molecule has 0 heterocycles. The highest BCUT2D eigenvalue weighted by Gasteiger charge is 1.98. The van der Waals surface area contributed by atoms with Crippen LogP contribution in [-0.2, 0) is 20.3 Å². The van der Waals surface area contributed by atoms with Crippen molar-refractivity contribution < 1.29 is 13.7 Å². The van der Waals surface area contributed by atoms with E-state index in [1.807, 2.05) is 0 Å². The summed E-state index contributed by atoms with van der Waals surface area (Å²) in [5, 5.41) is 3.07. The Balaban J connectivity index is 3.08. The molecule has 1 unspecified atom stereocenters. The van der Waals surface area contributed by atoms with Gasteiger partial charge in [-0.15, -0.1) is 0 Å². The lowest BCUT2D eigenvalue weighted by molar-refractivity contribution is -0.140. The Hall–Kier alpha value is -0.420. The number of hydrogen-bond acceptors (Lipinski definition) is 4. The minimum Gasteiger partial charge on any atom is -0.469 e. The summed E-state index contributed by atoms with van der Waals surface area (Å²) in [6.45, 7) is 1.43. The Labute approximate surface area is 81.5 Å². The Morgan fingerprint density at radius 1 is 1.46 bits per heavy atom. The molecule has 0 spiro atoms. The summed E-state index contributed by atoms with van der Waals surface area (Å²) in [5.74, 6) is 0.511. The van der Waals surface area contributed by atoms with Gasteiger partial charge >= 0.3 is 5.97 Å². The maximum atomic E-state index is 10.6. The molecule has 4 nitrogen and oxygen atoms in total. The average Bonchev–Trinajstić information content (AvgIpc) is 2.10. The van der Waals surface area contributed by atoms with E-state index in [2.05, 4.69) is 10.1 Å². The Kier molecular flexibility index (Phi) is 7.93. The second-order valence-electron chi connectivity index (χ2n) is 2.71. The van der Waals surface area contributed by atoms with Gasteiger partial charge in [0.1, 0.15) is 0 Å². The van der Waals surface area contributed by atoms with Crippen LogP contribution < -0.4 is 5.32 Å². The zero-order valence-corrected chi connectivity index (χ0v) is 8.99. The van der Waals surface area contributed by atoms with Crippen molar-refractivity contribution in [3.8, 4) is 0 Å². The molecule has 5 heteroatoms. The second kappa shape index (κ2) is 8.19. The predicted molar refractivity (Wildman–Crippen MR) is 53.1 cm³/mol. The van der Waals surface area contributed by atoms with Gasteiger partial charge in [-0.3, -0.25) is 9.00 Å². The summed E-state index contributed by atoms with van der Waals surface area (Å²) >= 11 is 0. The fraction of sp³-hybridized carbons (Fsp3) is 0.875. The fourth-order valence-corrected chi connectivity index (χ4v) is 1.37. The topological polar surface area (TPSA) is 55.4 Å². The maximum Gasteiger partial charge on any atom is 0.306 e. The first-order valence-electron chi connectivity index (χ1n) is 4.24. The molecule has 1 atom stereocenters. The van der Waals surface area contributed by atoms with Crippen LogP contribution >= 0.6 is 0 Å². The van der Waals surface area contributed by atoms with Crippen LogP contribution in [0.15, 0.2) is 0 Å². The highest BCUT2D eigenvalue weighted by molar-refractivity contribution is 7.84. The third-order valence-corrected chi connectivity index (χ3v) is 2.38. The Bertz CT molecular complexity index is 173. The van der Waals surface area contributed by atoms with Crippen LogP contribution in [0.3, 0.4) is 0 Å². The van der Waals surface area contributed by atoms with Gasteiger partial charge in [0.05, 0.1) is 13.5 Å². The van der Waals surface area contributed by atoms with Gasteiger partial charge in [-0.05, 0) is 13.0 Å². The average molecular weight is 207 g/mol. The molecule has 78 valence electrons. The Morgan fingerprint density at radius 2 is 2.15 bits per heavy atom. The van der Waals surface area contributed by atoms with Crippen LogP contribution in [0.25, 0.3) is 0 Å². The van der Waals surface area contributed by atoms with Crippen molar-refractivity contribution in [1.29, 1.82) is 0 Å². The SMILES string of the molecule is COC(=O)CCNCCCS(C)=O. The lowest BCUT2D eigenvalue weighted by Crippen LogP contribution is -2.21. The van der Waals surface area contributed by atoms with Gasteiger partial charge in [-0.25, -0.2) is 0 Å².